The van der Waals surface area contributed by atoms with Crippen LogP contribution in [0, 0.1) is 0 Å². The van der Waals surface area contributed by atoms with E-state index in [1.807, 2.05) is 13.8 Å². The van der Waals surface area contributed by atoms with E-state index in [-0.39, 0.29) is 11.3 Å². The molecule has 0 fully saturated rings. The summed E-state index contributed by atoms with van der Waals surface area (Å²) in [5, 5.41) is -0.186. The van der Waals surface area contributed by atoms with Gasteiger partial charge in [-0.1, -0.05) is 0 Å². The number of rotatable bonds is 3. The van der Waals surface area contributed by atoms with Crippen LogP contribution >= 0.6 is 0 Å². The summed E-state index contributed by atoms with van der Waals surface area (Å²) >= 11 is 0. The molecule has 0 spiro atoms. The molecule has 1 heterocycles. The van der Waals surface area contributed by atoms with Crippen molar-refractivity contribution < 1.29 is 13.2 Å². The van der Waals surface area contributed by atoms with Crippen LogP contribution in [0.4, 0.5) is 0 Å². The summed E-state index contributed by atoms with van der Waals surface area (Å²) < 4.78 is 27.3. The molecular weight excluding hydrogens is 204 g/mol. The van der Waals surface area contributed by atoms with Crippen molar-refractivity contribution in [2.45, 2.75) is 25.1 Å². The highest BCUT2D eigenvalue weighted by Crippen LogP contribution is 2.10. The molecule has 1 rings (SSSR count). The van der Waals surface area contributed by atoms with Gasteiger partial charge < -0.3 is 4.74 Å². The van der Waals surface area contributed by atoms with Gasteiger partial charge in [0.25, 0.3) is 0 Å². The van der Waals surface area contributed by atoms with Crippen LogP contribution in [0.25, 0.3) is 0 Å². The van der Waals surface area contributed by atoms with E-state index < -0.39 is 9.84 Å². The Morgan fingerprint density at radius 2 is 1.79 bits per heavy atom. The first-order chi connectivity index (χ1) is 6.39. The third-order valence-electron chi connectivity index (χ3n) is 1.31. The van der Waals surface area contributed by atoms with Gasteiger partial charge in [0.05, 0.1) is 18.5 Å². The molecule has 0 N–H and O–H groups in total. The molecule has 0 aliphatic carbocycles. The van der Waals surface area contributed by atoms with Crippen LogP contribution in [0.15, 0.2) is 17.6 Å². The minimum atomic E-state index is -3.33. The van der Waals surface area contributed by atoms with Crippen LogP contribution in [0.5, 0.6) is 5.75 Å². The lowest BCUT2D eigenvalue weighted by Crippen LogP contribution is -2.08. The molecule has 6 heteroatoms. The maximum Gasteiger partial charge on any atom is 0.246 e. The van der Waals surface area contributed by atoms with Crippen molar-refractivity contribution in [1.82, 2.24) is 9.97 Å². The molecule has 0 bridgehead atoms. The van der Waals surface area contributed by atoms with Crippen LogP contribution in [-0.4, -0.2) is 30.7 Å². The molecule has 0 unspecified atom stereocenters. The van der Waals surface area contributed by atoms with Crippen molar-refractivity contribution >= 4 is 9.84 Å². The highest BCUT2D eigenvalue weighted by atomic mass is 32.2. The Balaban J connectivity index is 2.90. The Hall–Kier alpha value is -1.17. The Morgan fingerprint density at radius 3 is 2.14 bits per heavy atom. The fourth-order valence-electron chi connectivity index (χ4n) is 0.829. The van der Waals surface area contributed by atoms with Gasteiger partial charge in [-0.25, -0.2) is 18.4 Å². The second-order valence-corrected chi connectivity index (χ2v) is 5.05. The fourth-order valence-corrected chi connectivity index (χ4v) is 1.32. The maximum atomic E-state index is 11.0. The molecule has 1 aromatic heterocycles. The number of hydrogen-bond acceptors (Lipinski definition) is 5. The van der Waals surface area contributed by atoms with Gasteiger partial charge in [0.1, 0.15) is 0 Å². The lowest BCUT2D eigenvalue weighted by atomic mass is 10.5. The van der Waals surface area contributed by atoms with Crippen molar-refractivity contribution in [1.29, 1.82) is 0 Å². The minimum absolute atomic E-state index is 0.0164. The molecule has 78 valence electrons. The summed E-state index contributed by atoms with van der Waals surface area (Å²) in [6.45, 7) is 3.73. The standard InChI is InChI=1S/C8H12N2O3S/c1-6(2)13-7-4-9-8(10-5-7)14(3,11)12/h4-6H,1-3H3. The van der Waals surface area contributed by atoms with E-state index in [1.54, 1.807) is 0 Å². The molecule has 1 aromatic rings. The highest BCUT2D eigenvalue weighted by Gasteiger charge is 2.10. The Morgan fingerprint density at radius 1 is 1.29 bits per heavy atom. The van der Waals surface area contributed by atoms with Gasteiger partial charge in [-0.2, -0.15) is 0 Å². The largest absolute Gasteiger partial charge is 0.488 e. The topological polar surface area (TPSA) is 69.2 Å². The smallest absolute Gasteiger partial charge is 0.246 e. The van der Waals surface area contributed by atoms with Crippen molar-refractivity contribution in [3.05, 3.63) is 12.4 Å². The van der Waals surface area contributed by atoms with Gasteiger partial charge in [-0.3, -0.25) is 0 Å². The van der Waals surface area contributed by atoms with Gasteiger partial charge >= 0.3 is 0 Å². The van der Waals surface area contributed by atoms with Crippen molar-refractivity contribution in [3.63, 3.8) is 0 Å². The van der Waals surface area contributed by atoms with E-state index in [1.165, 1.54) is 12.4 Å². The predicted octanol–water partition coefficient (Wildman–Crippen LogP) is 0.667. The SMILES string of the molecule is CC(C)Oc1cnc(S(C)(=O)=O)nc1. The maximum absolute atomic E-state index is 11.0. The fraction of sp³-hybridized carbons (Fsp3) is 0.500. The van der Waals surface area contributed by atoms with Crippen LogP contribution in [0.1, 0.15) is 13.8 Å². The number of aromatic nitrogens is 2. The lowest BCUT2D eigenvalue weighted by Gasteiger charge is -2.08. The zero-order valence-electron chi connectivity index (χ0n) is 8.26. The Labute approximate surface area is 83.1 Å². The summed E-state index contributed by atoms with van der Waals surface area (Å²) in [5.41, 5.74) is 0. The van der Waals surface area contributed by atoms with E-state index >= 15 is 0 Å². The van der Waals surface area contributed by atoms with Crippen LogP contribution in [0.3, 0.4) is 0 Å². The van der Waals surface area contributed by atoms with Crippen LogP contribution in [0.2, 0.25) is 0 Å². The van der Waals surface area contributed by atoms with Gasteiger partial charge in [-0.15, -0.1) is 0 Å². The first-order valence-electron chi connectivity index (χ1n) is 4.08. The van der Waals surface area contributed by atoms with Gasteiger partial charge in [0.2, 0.25) is 15.0 Å². The molecule has 5 nitrogen and oxygen atoms in total. The second kappa shape index (κ2) is 3.91. The quantitative estimate of drug-likeness (QED) is 0.694. The minimum Gasteiger partial charge on any atom is -0.488 e. The molecule has 14 heavy (non-hydrogen) atoms. The number of nitrogens with zero attached hydrogens (tertiary/aromatic N) is 2. The lowest BCUT2D eigenvalue weighted by molar-refractivity contribution is 0.240. The zero-order valence-corrected chi connectivity index (χ0v) is 9.08. The van der Waals surface area contributed by atoms with Crippen molar-refractivity contribution in [3.8, 4) is 5.75 Å². The van der Waals surface area contributed by atoms with E-state index in [0.29, 0.717) is 5.75 Å². The Bertz CT molecular complexity index is 397. The summed E-state index contributed by atoms with van der Waals surface area (Å²) in [5.74, 6) is 0.465. The molecule has 0 aliphatic heterocycles. The summed E-state index contributed by atoms with van der Waals surface area (Å²) in [6.07, 6.45) is 3.78. The van der Waals surface area contributed by atoms with E-state index in [2.05, 4.69) is 9.97 Å². The molecule has 0 saturated carbocycles. The molecule has 0 aliphatic rings. The summed E-state index contributed by atoms with van der Waals surface area (Å²) in [4.78, 5) is 7.36. The molecule has 0 saturated heterocycles. The molecule has 0 atom stereocenters. The molecule has 0 radical (unpaired) electrons. The number of hydrogen-bond donors (Lipinski definition) is 0. The van der Waals surface area contributed by atoms with Gasteiger partial charge in [-0.05, 0) is 13.8 Å². The third kappa shape index (κ3) is 2.95. The molecule has 0 aromatic carbocycles. The third-order valence-corrected chi connectivity index (χ3v) is 2.18. The first-order valence-corrected chi connectivity index (χ1v) is 5.97. The van der Waals surface area contributed by atoms with E-state index in [0.717, 1.165) is 6.26 Å². The zero-order chi connectivity index (χ0) is 10.8. The van der Waals surface area contributed by atoms with Crippen LogP contribution in [-0.2, 0) is 9.84 Å². The van der Waals surface area contributed by atoms with E-state index in [9.17, 15) is 8.42 Å². The average Bonchev–Trinajstić information content (AvgIpc) is 2.02. The monoisotopic (exact) mass is 216 g/mol. The first kappa shape index (κ1) is 10.9. The summed E-state index contributed by atoms with van der Waals surface area (Å²) in [6, 6.07) is 0. The normalized spacial score (nSPS) is 11.7. The number of sulfone groups is 1. The summed E-state index contributed by atoms with van der Waals surface area (Å²) in [7, 11) is -3.33. The number of ether oxygens (including phenoxy) is 1. The molecular formula is C8H12N2O3S. The van der Waals surface area contributed by atoms with E-state index in [4.69, 9.17) is 4.74 Å². The predicted molar refractivity (Wildman–Crippen MR) is 50.9 cm³/mol. The van der Waals surface area contributed by atoms with Gasteiger partial charge in [0, 0.05) is 6.26 Å². The molecule has 0 amide bonds. The Kier molecular flexibility index (Phi) is 3.05. The van der Waals surface area contributed by atoms with Crippen LogP contribution < -0.4 is 4.74 Å². The second-order valence-electron chi connectivity index (χ2n) is 3.14. The highest BCUT2D eigenvalue weighted by molar-refractivity contribution is 7.90. The van der Waals surface area contributed by atoms with Crippen molar-refractivity contribution in [2.75, 3.05) is 6.26 Å². The van der Waals surface area contributed by atoms with Gasteiger partial charge in [0.15, 0.2) is 5.75 Å². The van der Waals surface area contributed by atoms with Crippen molar-refractivity contribution in [2.24, 2.45) is 0 Å². The average molecular weight is 216 g/mol.